The van der Waals surface area contributed by atoms with E-state index >= 15 is 0 Å². The second-order valence-corrected chi connectivity index (χ2v) is 5.77. The molecule has 0 atom stereocenters. The lowest BCUT2D eigenvalue weighted by atomic mass is 10.1. The van der Waals surface area contributed by atoms with Crippen LogP contribution >= 0.6 is 11.3 Å². The Hall–Kier alpha value is -2.72. The van der Waals surface area contributed by atoms with Crippen LogP contribution in [0, 0.1) is 0 Å². The molecule has 4 aromatic rings. The predicted octanol–water partition coefficient (Wildman–Crippen LogP) is 5.04. The van der Waals surface area contributed by atoms with Crippen LogP contribution in [-0.4, -0.2) is 16.2 Å². The standard InChI is InChI=1S/C18H13N3S/c1-2-6-13(7-3-1)10-20-18-21-17(12-22-18)15-11-19-16-9-5-4-8-14(15)16/h1-12,19H/b20-10+. The molecule has 0 spiro atoms. The number of aliphatic imine (C=N–C) groups is 1. The van der Waals surface area contributed by atoms with E-state index in [-0.39, 0.29) is 0 Å². The van der Waals surface area contributed by atoms with Crippen LogP contribution in [0.15, 0.2) is 71.2 Å². The molecule has 0 aliphatic heterocycles. The van der Waals surface area contributed by atoms with E-state index < -0.39 is 0 Å². The number of nitrogens with one attached hydrogen (secondary N) is 1. The van der Waals surface area contributed by atoms with E-state index in [1.807, 2.05) is 60.3 Å². The van der Waals surface area contributed by atoms with Crippen LogP contribution in [0.3, 0.4) is 0 Å². The van der Waals surface area contributed by atoms with Crippen molar-refractivity contribution in [3.8, 4) is 11.3 Å². The van der Waals surface area contributed by atoms with Crippen LogP contribution in [0.25, 0.3) is 22.2 Å². The molecule has 0 saturated heterocycles. The summed E-state index contributed by atoms with van der Waals surface area (Å²) in [5.41, 5.74) is 4.28. The van der Waals surface area contributed by atoms with Gasteiger partial charge in [-0.1, -0.05) is 48.5 Å². The summed E-state index contributed by atoms with van der Waals surface area (Å²) in [5.74, 6) is 0. The first kappa shape index (κ1) is 13.0. The van der Waals surface area contributed by atoms with E-state index in [9.17, 15) is 0 Å². The van der Waals surface area contributed by atoms with Crippen molar-refractivity contribution in [1.29, 1.82) is 0 Å². The minimum absolute atomic E-state index is 0.768. The van der Waals surface area contributed by atoms with Crippen LogP contribution in [0.4, 0.5) is 5.13 Å². The summed E-state index contributed by atoms with van der Waals surface area (Å²) in [7, 11) is 0. The molecule has 4 heteroatoms. The highest BCUT2D eigenvalue weighted by Crippen LogP contribution is 2.31. The third-order valence-corrected chi connectivity index (χ3v) is 4.23. The highest BCUT2D eigenvalue weighted by molar-refractivity contribution is 7.13. The van der Waals surface area contributed by atoms with Crippen molar-refractivity contribution in [3.05, 3.63) is 71.7 Å². The molecule has 2 aromatic heterocycles. The number of fused-ring (bicyclic) bond motifs is 1. The molecule has 0 unspecified atom stereocenters. The summed E-state index contributed by atoms with van der Waals surface area (Å²) in [5, 5.41) is 4.00. The summed E-state index contributed by atoms with van der Waals surface area (Å²) in [4.78, 5) is 12.4. The maximum absolute atomic E-state index is 4.62. The first-order valence-electron chi connectivity index (χ1n) is 7.01. The van der Waals surface area contributed by atoms with Crippen LogP contribution in [0.2, 0.25) is 0 Å². The van der Waals surface area contributed by atoms with Crippen LogP contribution in [-0.2, 0) is 0 Å². The molecule has 0 radical (unpaired) electrons. The molecular weight excluding hydrogens is 290 g/mol. The van der Waals surface area contributed by atoms with Crippen molar-refractivity contribution >= 4 is 33.6 Å². The summed E-state index contributed by atoms with van der Waals surface area (Å²) in [6, 6.07) is 18.3. The average Bonchev–Trinajstić information content (AvgIpc) is 3.20. The van der Waals surface area contributed by atoms with Gasteiger partial charge in [0.2, 0.25) is 5.13 Å². The number of thiazole rings is 1. The topological polar surface area (TPSA) is 41.0 Å². The molecule has 0 aliphatic rings. The van der Waals surface area contributed by atoms with Gasteiger partial charge in [-0.25, -0.2) is 9.98 Å². The molecule has 0 amide bonds. The van der Waals surface area contributed by atoms with Gasteiger partial charge in [0.1, 0.15) is 0 Å². The fraction of sp³-hybridized carbons (Fsp3) is 0. The number of benzene rings is 2. The molecule has 2 heterocycles. The van der Waals surface area contributed by atoms with Crippen LogP contribution < -0.4 is 0 Å². The van der Waals surface area contributed by atoms with E-state index in [4.69, 9.17) is 0 Å². The molecule has 0 fully saturated rings. The molecule has 4 rings (SSSR count). The predicted molar refractivity (Wildman–Crippen MR) is 93.1 cm³/mol. The molecule has 1 N–H and O–H groups in total. The van der Waals surface area contributed by atoms with E-state index in [1.54, 1.807) is 11.3 Å². The lowest BCUT2D eigenvalue weighted by Gasteiger charge is -1.93. The van der Waals surface area contributed by atoms with Gasteiger partial charge in [0.25, 0.3) is 0 Å². The summed E-state index contributed by atoms with van der Waals surface area (Å²) < 4.78 is 0. The second-order valence-electron chi connectivity index (χ2n) is 4.93. The first-order chi connectivity index (χ1) is 10.9. The zero-order valence-corrected chi connectivity index (χ0v) is 12.5. The Balaban J connectivity index is 1.66. The molecular formula is C18H13N3S. The number of hydrogen-bond acceptors (Lipinski definition) is 3. The maximum atomic E-state index is 4.62. The Labute approximate surface area is 132 Å². The number of aromatic amines is 1. The molecule has 2 aromatic carbocycles. The molecule has 0 saturated carbocycles. The van der Waals surface area contributed by atoms with Gasteiger partial charge in [-0.05, 0) is 11.6 Å². The highest BCUT2D eigenvalue weighted by atomic mass is 32.1. The number of nitrogens with zero attached hydrogens (tertiary/aromatic N) is 2. The fourth-order valence-electron chi connectivity index (χ4n) is 2.40. The number of para-hydroxylation sites is 1. The minimum atomic E-state index is 0.768. The Kier molecular flexibility index (Phi) is 3.29. The van der Waals surface area contributed by atoms with Gasteiger partial charge in [0, 0.05) is 34.3 Å². The Bertz CT molecular complexity index is 935. The van der Waals surface area contributed by atoms with Crippen molar-refractivity contribution in [3.63, 3.8) is 0 Å². The van der Waals surface area contributed by atoms with Crippen molar-refractivity contribution < 1.29 is 0 Å². The lowest BCUT2D eigenvalue weighted by molar-refractivity contribution is 1.36. The van der Waals surface area contributed by atoms with E-state index in [1.165, 1.54) is 5.39 Å². The van der Waals surface area contributed by atoms with Crippen molar-refractivity contribution in [2.24, 2.45) is 4.99 Å². The highest BCUT2D eigenvalue weighted by Gasteiger charge is 2.08. The van der Waals surface area contributed by atoms with Gasteiger partial charge < -0.3 is 4.98 Å². The van der Waals surface area contributed by atoms with Gasteiger partial charge in [0.15, 0.2) is 0 Å². The Morgan fingerprint density at radius 2 is 1.82 bits per heavy atom. The van der Waals surface area contributed by atoms with Crippen LogP contribution in [0.1, 0.15) is 5.56 Å². The third kappa shape index (κ3) is 2.44. The normalized spacial score (nSPS) is 11.5. The maximum Gasteiger partial charge on any atom is 0.209 e. The molecule has 22 heavy (non-hydrogen) atoms. The first-order valence-corrected chi connectivity index (χ1v) is 7.89. The molecule has 0 aliphatic carbocycles. The Morgan fingerprint density at radius 1 is 1.00 bits per heavy atom. The minimum Gasteiger partial charge on any atom is -0.360 e. The smallest absolute Gasteiger partial charge is 0.209 e. The second kappa shape index (κ2) is 5.58. The lowest BCUT2D eigenvalue weighted by Crippen LogP contribution is -1.78. The van der Waals surface area contributed by atoms with Gasteiger partial charge in [-0.15, -0.1) is 11.3 Å². The zero-order chi connectivity index (χ0) is 14.8. The Morgan fingerprint density at radius 3 is 2.73 bits per heavy atom. The van der Waals surface area contributed by atoms with Crippen molar-refractivity contribution in [2.45, 2.75) is 0 Å². The van der Waals surface area contributed by atoms with E-state index in [0.717, 1.165) is 27.5 Å². The molecule has 0 bridgehead atoms. The SMILES string of the molecule is C(=N\c1nc(-c2c[nH]c3ccccc23)cs1)/c1ccccc1. The van der Waals surface area contributed by atoms with Gasteiger partial charge in [-0.3, -0.25) is 0 Å². The quantitative estimate of drug-likeness (QED) is 0.529. The molecule has 106 valence electrons. The van der Waals surface area contributed by atoms with Gasteiger partial charge in [0.05, 0.1) is 5.69 Å². The fourth-order valence-corrected chi connectivity index (χ4v) is 3.06. The number of aromatic nitrogens is 2. The largest absolute Gasteiger partial charge is 0.360 e. The summed E-state index contributed by atoms with van der Waals surface area (Å²) in [6.45, 7) is 0. The van der Waals surface area contributed by atoms with E-state index in [2.05, 4.69) is 27.1 Å². The van der Waals surface area contributed by atoms with Gasteiger partial charge >= 0.3 is 0 Å². The summed E-state index contributed by atoms with van der Waals surface area (Å²) in [6.07, 6.45) is 3.85. The average molecular weight is 303 g/mol. The monoisotopic (exact) mass is 303 g/mol. The van der Waals surface area contributed by atoms with E-state index in [0.29, 0.717) is 0 Å². The third-order valence-electron chi connectivity index (χ3n) is 3.48. The van der Waals surface area contributed by atoms with Gasteiger partial charge in [-0.2, -0.15) is 0 Å². The van der Waals surface area contributed by atoms with Crippen molar-refractivity contribution in [1.82, 2.24) is 9.97 Å². The van der Waals surface area contributed by atoms with Crippen LogP contribution in [0.5, 0.6) is 0 Å². The number of H-pyrrole nitrogens is 1. The number of hydrogen-bond donors (Lipinski definition) is 1. The molecule has 3 nitrogen and oxygen atoms in total. The zero-order valence-electron chi connectivity index (χ0n) is 11.7. The summed E-state index contributed by atoms with van der Waals surface area (Å²) >= 11 is 1.55. The van der Waals surface area contributed by atoms with Crippen molar-refractivity contribution in [2.75, 3.05) is 0 Å². The number of rotatable bonds is 3.